The molecule has 0 spiro atoms. The van der Waals surface area contributed by atoms with E-state index in [1.165, 1.54) is 31.2 Å². The number of isothiocyanates is 1. The fourth-order valence-corrected chi connectivity index (χ4v) is 3.84. The molecule has 0 heterocycles. The summed E-state index contributed by atoms with van der Waals surface area (Å²) in [4.78, 5) is 13.5. The number of aliphatic imine (C=N–C) groups is 1. The lowest BCUT2D eigenvalue weighted by atomic mass is 10.1. The van der Waals surface area contributed by atoms with E-state index in [4.69, 9.17) is 0 Å². The zero-order valence-electron chi connectivity index (χ0n) is 14.6. The topological polar surface area (TPSA) is 156 Å². The SMILES string of the molecule is CC(=O)Nc1ccc(C=Cc2ccc(N=C=S)cc2S(=O)(=O)[O-])c(S(=O)(=O)[O-])c1. The highest BCUT2D eigenvalue weighted by Crippen LogP contribution is 2.26. The number of benzene rings is 2. The molecule has 0 aliphatic heterocycles. The zero-order chi connectivity index (χ0) is 21.8. The lowest BCUT2D eigenvalue weighted by molar-refractivity contribution is -0.114. The number of thiocarbonyl (C=S) groups is 1. The number of hydrogen-bond acceptors (Lipinski definition) is 9. The second-order valence-corrected chi connectivity index (χ2v) is 8.48. The lowest BCUT2D eigenvalue weighted by Gasteiger charge is -2.14. The molecule has 0 unspecified atom stereocenters. The third-order valence-corrected chi connectivity index (χ3v) is 5.36. The van der Waals surface area contributed by atoms with Crippen LogP contribution >= 0.6 is 12.2 Å². The van der Waals surface area contributed by atoms with Gasteiger partial charge in [-0.25, -0.2) is 16.8 Å². The van der Waals surface area contributed by atoms with Crippen molar-refractivity contribution in [2.45, 2.75) is 16.7 Å². The highest BCUT2D eigenvalue weighted by Gasteiger charge is 2.11. The summed E-state index contributed by atoms with van der Waals surface area (Å²) in [5.41, 5.74) is 0.0659. The van der Waals surface area contributed by atoms with Gasteiger partial charge in [0, 0.05) is 12.6 Å². The van der Waals surface area contributed by atoms with Gasteiger partial charge in [0.1, 0.15) is 20.2 Å². The molecule has 0 bridgehead atoms. The fourth-order valence-electron chi connectivity index (χ4n) is 2.35. The molecule has 2 aromatic carbocycles. The van der Waals surface area contributed by atoms with E-state index in [1.807, 2.05) is 5.16 Å². The van der Waals surface area contributed by atoms with Crippen LogP contribution in [-0.2, 0) is 25.0 Å². The van der Waals surface area contributed by atoms with Crippen molar-refractivity contribution in [1.82, 2.24) is 0 Å². The summed E-state index contributed by atoms with van der Waals surface area (Å²) in [5.74, 6) is -0.466. The molecule has 152 valence electrons. The van der Waals surface area contributed by atoms with Crippen LogP contribution in [0.25, 0.3) is 12.2 Å². The molecule has 0 saturated heterocycles. The molecule has 2 aromatic rings. The highest BCUT2D eigenvalue weighted by molar-refractivity contribution is 7.86. The van der Waals surface area contributed by atoms with E-state index in [1.54, 1.807) is 0 Å². The molecule has 0 aromatic heterocycles. The second-order valence-electron chi connectivity index (χ2n) is 5.60. The van der Waals surface area contributed by atoms with Gasteiger partial charge >= 0.3 is 0 Å². The van der Waals surface area contributed by atoms with Gasteiger partial charge in [-0.05, 0) is 47.6 Å². The van der Waals surface area contributed by atoms with E-state index >= 15 is 0 Å². The van der Waals surface area contributed by atoms with Gasteiger partial charge in [0.2, 0.25) is 5.91 Å². The lowest BCUT2D eigenvalue weighted by Crippen LogP contribution is -2.08. The van der Waals surface area contributed by atoms with Crippen molar-refractivity contribution in [2.75, 3.05) is 5.32 Å². The summed E-state index contributed by atoms with van der Waals surface area (Å²) >= 11 is 4.43. The first-order valence-corrected chi connectivity index (χ1v) is 10.9. The molecule has 0 saturated carbocycles. The minimum Gasteiger partial charge on any atom is -0.744 e. The molecule has 12 heteroatoms. The third-order valence-electron chi connectivity index (χ3n) is 3.49. The Balaban J connectivity index is 2.59. The van der Waals surface area contributed by atoms with Crippen molar-refractivity contribution in [3.63, 3.8) is 0 Å². The summed E-state index contributed by atoms with van der Waals surface area (Å²) in [6.45, 7) is 1.21. The molecule has 1 amide bonds. The van der Waals surface area contributed by atoms with Crippen molar-refractivity contribution < 1.29 is 30.7 Å². The second kappa shape index (κ2) is 8.74. The summed E-state index contributed by atoms with van der Waals surface area (Å²) < 4.78 is 69.3. The number of carbonyl (C=O) groups is 1. The molecule has 0 aliphatic rings. The first-order valence-electron chi connectivity index (χ1n) is 7.65. The maximum Gasteiger partial charge on any atom is 0.221 e. The van der Waals surface area contributed by atoms with E-state index in [0.29, 0.717) is 0 Å². The quantitative estimate of drug-likeness (QED) is 0.303. The van der Waals surface area contributed by atoms with Crippen molar-refractivity contribution in [3.05, 3.63) is 47.5 Å². The van der Waals surface area contributed by atoms with Gasteiger partial charge in [-0.2, -0.15) is 4.99 Å². The number of anilines is 1. The average molecular weight is 452 g/mol. The average Bonchev–Trinajstić information content (AvgIpc) is 2.59. The minimum atomic E-state index is -4.92. The maximum atomic E-state index is 11.6. The van der Waals surface area contributed by atoms with Crippen molar-refractivity contribution in [2.24, 2.45) is 4.99 Å². The Morgan fingerprint density at radius 2 is 1.52 bits per heavy atom. The first-order chi connectivity index (χ1) is 13.4. The normalized spacial score (nSPS) is 11.8. The van der Waals surface area contributed by atoms with Crippen LogP contribution in [0.2, 0.25) is 0 Å². The Morgan fingerprint density at radius 1 is 1.00 bits per heavy atom. The maximum absolute atomic E-state index is 11.6. The van der Waals surface area contributed by atoms with Crippen LogP contribution < -0.4 is 5.32 Å². The van der Waals surface area contributed by atoms with Gasteiger partial charge in [-0.15, -0.1) is 0 Å². The molecule has 0 aliphatic carbocycles. The Morgan fingerprint density at radius 3 is 2.00 bits per heavy atom. The van der Waals surface area contributed by atoms with Crippen molar-refractivity contribution in [1.29, 1.82) is 0 Å². The standard InChI is InChI=1S/C17H14N2O7S3/c1-11(20)19-15-7-5-13(17(9-15)29(24,25)26)3-2-12-4-6-14(18-10-27)8-16(12)28(21,22)23/h2-9H,1H3,(H,19,20)(H,21,22,23)(H,24,25,26)/p-2. The van der Waals surface area contributed by atoms with E-state index in [0.717, 1.165) is 24.3 Å². The van der Waals surface area contributed by atoms with Crippen molar-refractivity contribution in [3.8, 4) is 0 Å². The van der Waals surface area contributed by atoms with E-state index < -0.39 is 35.9 Å². The molecule has 29 heavy (non-hydrogen) atoms. The highest BCUT2D eigenvalue weighted by atomic mass is 32.2. The molecule has 9 nitrogen and oxygen atoms in total. The molecule has 0 radical (unpaired) electrons. The number of nitrogens with zero attached hydrogens (tertiary/aromatic N) is 1. The predicted molar refractivity (Wildman–Crippen MR) is 107 cm³/mol. The Bertz CT molecular complexity index is 1260. The van der Waals surface area contributed by atoms with Crippen LogP contribution in [0, 0.1) is 0 Å². The zero-order valence-corrected chi connectivity index (χ0v) is 17.1. The number of hydrogen-bond donors (Lipinski definition) is 1. The Labute approximate surface area is 172 Å². The Kier molecular flexibility index (Phi) is 6.80. The fraction of sp³-hybridized carbons (Fsp3) is 0.0588. The van der Waals surface area contributed by atoms with Gasteiger partial charge in [-0.1, -0.05) is 24.3 Å². The molecule has 0 fully saturated rings. The number of amides is 1. The van der Waals surface area contributed by atoms with Crippen LogP contribution in [0.4, 0.5) is 11.4 Å². The largest absolute Gasteiger partial charge is 0.744 e. The van der Waals surface area contributed by atoms with Crippen LogP contribution in [0.1, 0.15) is 18.1 Å². The summed E-state index contributed by atoms with van der Waals surface area (Å²) in [6.07, 6.45) is 2.33. The smallest absolute Gasteiger partial charge is 0.221 e. The minimum absolute atomic E-state index is 0.0523. The monoisotopic (exact) mass is 452 g/mol. The summed E-state index contributed by atoms with van der Waals surface area (Å²) in [5, 5.41) is 4.40. The molecule has 1 N–H and O–H groups in total. The van der Waals surface area contributed by atoms with Crippen LogP contribution in [0.5, 0.6) is 0 Å². The van der Waals surface area contributed by atoms with Crippen LogP contribution in [0.15, 0.2) is 51.2 Å². The van der Waals surface area contributed by atoms with E-state index in [-0.39, 0.29) is 22.5 Å². The van der Waals surface area contributed by atoms with Crippen LogP contribution in [-0.4, -0.2) is 37.0 Å². The molecular formula is C17H12N2O7S3-2. The third kappa shape index (κ3) is 6.12. The van der Waals surface area contributed by atoms with Gasteiger partial charge < -0.3 is 14.4 Å². The predicted octanol–water partition coefficient (Wildman–Crippen LogP) is 2.36. The van der Waals surface area contributed by atoms with Gasteiger partial charge in [0.25, 0.3) is 0 Å². The number of rotatable bonds is 6. The number of carbonyl (C=O) groups excluding carboxylic acids is 1. The van der Waals surface area contributed by atoms with Gasteiger partial charge in [-0.3, -0.25) is 4.79 Å². The first kappa shape index (κ1) is 22.6. The molecular weight excluding hydrogens is 440 g/mol. The molecule has 2 rings (SSSR count). The van der Waals surface area contributed by atoms with Crippen LogP contribution in [0.3, 0.4) is 0 Å². The summed E-state index contributed by atoms with van der Waals surface area (Å²) in [6, 6.07) is 7.22. The van der Waals surface area contributed by atoms with E-state index in [9.17, 15) is 30.7 Å². The van der Waals surface area contributed by atoms with Crippen molar-refractivity contribution >= 4 is 67.0 Å². The Hall–Kier alpha value is -2.73. The van der Waals surface area contributed by atoms with Gasteiger partial charge in [0.05, 0.1) is 20.6 Å². The van der Waals surface area contributed by atoms with E-state index in [2.05, 4.69) is 22.5 Å². The number of nitrogens with one attached hydrogen (secondary N) is 1. The summed E-state index contributed by atoms with van der Waals surface area (Å²) in [7, 11) is -9.80. The van der Waals surface area contributed by atoms with Gasteiger partial charge in [0.15, 0.2) is 0 Å². The molecule has 0 atom stereocenters.